The Morgan fingerprint density at radius 2 is 1.05 bits per heavy atom. The summed E-state index contributed by atoms with van der Waals surface area (Å²) < 4.78 is 19.5. The molecule has 0 fully saturated rings. The van der Waals surface area contributed by atoms with Crippen molar-refractivity contribution in [3.63, 3.8) is 0 Å². The second kappa shape index (κ2) is 37.3. The van der Waals surface area contributed by atoms with E-state index < -0.39 is 0 Å². The third-order valence-corrected chi connectivity index (χ3v) is 16.1. The average Bonchev–Trinajstić information content (AvgIpc) is 0.793. The third kappa shape index (κ3) is 22.3. The first-order chi connectivity index (χ1) is 49.7. The molecule has 25 heteroatoms. The summed E-state index contributed by atoms with van der Waals surface area (Å²) in [6, 6.07) is 58.3. The second-order valence-electron chi connectivity index (χ2n) is 23.1. The fraction of sp³-hybridized carbons (Fsp3) is 0.179. The van der Waals surface area contributed by atoms with Crippen LogP contribution in [0.1, 0.15) is 84.7 Å². The van der Waals surface area contributed by atoms with Gasteiger partial charge in [0.1, 0.15) is 17.4 Å². The van der Waals surface area contributed by atoms with Gasteiger partial charge in [-0.2, -0.15) is 10.2 Å². The lowest BCUT2D eigenvalue weighted by Gasteiger charge is -2.10. The summed E-state index contributed by atoms with van der Waals surface area (Å²) >= 11 is 6.23. The largest absolute Gasteiger partial charge is 0.481 e. The number of rotatable bonds is 18. The number of aromatic nitrogens is 11. The van der Waals surface area contributed by atoms with Gasteiger partial charge in [-0.05, 0) is 141 Å². The number of nitrogens with one attached hydrogen (secondary N) is 1. The molecule has 12 rings (SSSR count). The molecule has 12 aromatic rings. The van der Waals surface area contributed by atoms with Crippen molar-refractivity contribution in [1.29, 1.82) is 5.26 Å². The number of pyridine rings is 1. The highest BCUT2D eigenvalue weighted by Gasteiger charge is 2.14. The number of hydrogen-bond acceptors (Lipinski definition) is 22. The van der Waals surface area contributed by atoms with Gasteiger partial charge in [0, 0.05) is 93.0 Å². The van der Waals surface area contributed by atoms with E-state index in [4.69, 9.17) is 61.2 Å². The molecule has 6 aromatic carbocycles. The number of nitrogen functional groups attached to an aromatic ring is 5. The highest BCUT2D eigenvalue weighted by molar-refractivity contribution is 6.31. The van der Waals surface area contributed by atoms with Crippen LogP contribution in [0.2, 0.25) is 5.02 Å². The van der Waals surface area contributed by atoms with Crippen LogP contribution in [-0.4, -0.2) is 85.8 Å². The summed E-state index contributed by atoms with van der Waals surface area (Å²) in [6.45, 7) is 9.63. The minimum absolute atomic E-state index is 0.104. The molecule has 0 spiro atoms. The van der Waals surface area contributed by atoms with Crippen molar-refractivity contribution in [2.24, 2.45) is 10.9 Å². The minimum Gasteiger partial charge on any atom is -0.481 e. The molecule has 0 saturated heterocycles. The van der Waals surface area contributed by atoms with Crippen LogP contribution in [0.4, 0.5) is 39.9 Å². The molecular formula is C78H80ClFN20O3. The Balaban J connectivity index is 0.000000165. The molecule has 103 heavy (non-hydrogen) atoms. The zero-order chi connectivity index (χ0) is 74.0. The van der Waals surface area contributed by atoms with Gasteiger partial charge in [-0.1, -0.05) is 147 Å². The highest BCUT2D eigenvalue weighted by atomic mass is 35.5. The van der Waals surface area contributed by atoms with Crippen LogP contribution in [0.25, 0.3) is 67.4 Å². The Kier molecular flexibility index (Phi) is 27.5. The van der Waals surface area contributed by atoms with Gasteiger partial charge in [-0.25, -0.2) is 54.2 Å². The molecule has 0 aliphatic carbocycles. The fourth-order valence-corrected chi connectivity index (χ4v) is 10.5. The lowest BCUT2D eigenvalue weighted by molar-refractivity contribution is -0.116. The van der Waals surface area contributed by atoms with E-state index in [-0.39, 0.29) is 41.2 Å². The lowest BCUT2D eigenvalue weighted by atomic mass is 10.0. The van der Waals surface area contributed by atoms with Crippen LogP contribution in [0.3, 0.4) is 0 Å². The van der Waals surface area contributed by atoms with Crippen molar-refractivity contribution in [1.82, 2.24) is 54.8 Å². The van der Waals surface area contributed by atoms with Crippen LogP contribution < -0.4 is 44.5 Å². The third-order valence-electron chi connectivity index (χ3n) is 15.7. The number of Topliss-reactive ketones (excluding diaryl/α,β-unsaturated/α-hetero) is 1. The van der Waals surface area contributed by atoms with Crippen LogP contribution in [0.5, 0.6) is 5.88 Å². The number of hydrogen-bond donors (Lipinski definition) is 8. The number of nitrogens with zero attached hydrogens (tertiary/aromatic N) is 13. The number of ketones is 1. The van der Waals surface area contributed by atoms with E-state index >= 15 is 0 Å². The van der Waals surface area contributed by atoms with Gasteiger partial charge >= 0.3 is 0 Å². The summed E-state index contributed by atoms with van der Waals surface area (Å²) in [4.78, 5) is 57.1. The van der Waals surface area contributed by atoms with E-state index in [2.05, 4.69) is 71.4 Å². The number of amidine groups is 1. The van der Waals surface area contributed by atoms with E-state index in [1.54, 1.807) is 57.6 Å². The number of carbonyl (C=O) groups excluding carboxylic acids is 1. The van der Waals surface area contributed by atoms with Crippen LogP contribution in [-0.2, 0) is 43.3 Å². The van der Waals surface area contributed by atoms with E-state index in [0.717, 1.165) is 129 Å². The van der Waals surface area contributed by atoms with Crippen molar-refractivity contribution in [3.05, 3.63) is 250 Å². The Hall–Kier alpha value is -12.9. The van der Waals surface area contributed by atoms with Crippen molar-refractivity contribution in [3.8, 4) is 79.4 Å². The number of halogens is 2. The zero-order valence-electron chi connectivity index (χ0n) is 58.1. The predicted octanol–water partition coefficient (Wildman–Crippen LogP) is 13.8. The molecule has 0 amide bonds. The van der Waals surface area contributed by atoms with Crippen LogP contribution in [0.15, 0.2) is 193 Å². The van der Waals surface area contributed by atoms with E-state index in [1.807, 2.05) is 173 Å². The van der Waals surface area contributed by atoms with Gasteiger partial charge in [0.05, 0.1) is 47.2 Å². The van der Waals surface area contributed by atoms with E-state index in [0.29, 0.717) is 51.5 Å². The molecule has 0 saturated carbocycles. The molecule has 6 aromatic heterocycles. The summed E-state index contributed by atoms with van der Waals surface area (Å²) in [5.41, 5.74) is 51.9. The summed E-state index contributed by atoms with van der Waals surface area (Å²) in [5, 5.41) is 24.0. The van der Waals surface area contributed by atoms with Crippen molar-refractivity contribution >= 4 is 58.8 Å². The number of ether oxygens (including phenoxy) is 1. The molecule has 0 atom stereocenters. The second-order valence-corrected chi connectivity index (χ2v) is 23.5. The molecule has 0 unspecified atom stereocenters. The fourth-order valence-electron chi connectivity index (χ4n) is 10.3. The van der Waals surface area contributed by atoms with Crippen molar-refractivity contribution in [2.45, 2.75) is 79.6 Å². The van der Waals surface area contributed by atoms with Gasteiger partial charge in [-0.3, -0.25) is 4.79 Å². The Morgan fingerprint density at radius 3 is 1.55 bits per heavy atom. The number of benzene rings is 6. The summed E-state index contributed by atoms with van der Waals surface area (Å²) in [5.74, 6) is 2.27. The Bertz CT molecular complexity index is 4890. The first-order valence-electron chi connectivity index (χ1n) is 32.8. The van der Waals surface area contributed by atoms with Gasteiger partial charge in [-0.15, -0.1) is 0 Å². The maximum Gasteiger partial charge on any atom is 0.222 e. The Morgan fingerprint density at radius 1 is 0.553 bits per heavy atom. The molecule has 0 aliphatic rings. The van der Waals surface area contributed by atoms with E-state index in [9.17, 15) is 9.18 Å². The summed E-state index contributed by atoms with van der Waals surface area (Å²) in [7, 11) is 3.31. The average molecular weight is 1400 g/mol. The Labute approximate surface area is 602 Å². The van der Waals surface area contributed by atoms with E-state index in [1.165, 1.54) is 11.6 Å². The molecule has 23 nitrogen and oxygen atoms in total. The minimum atomic E-state index is -0.346. The smallest absolute Gasteiger partial charge is 0.222 e. The quantitative estimate of drug-likeness (QED) is 0.0171. The monoisotopic (exact) mass is 1400 g/mol. The maximum absolute atomic E-state index is 14.5. The molecular weight excluding hydrogens is 1320 g/mol. The molecule has 524 valence electrons. The van der Waals surface area contributed by atoms with Crippen molar-refractivity contribution < 1.29 is 19.1 Å². The molecule has 6 heterocycles. The molecule has 14 N–H and O–H groups in total. The highest BCUT2D eigenvalue weighted by Crippen LogP contribution is 2.31. The predicted molar refractivity (Wildman–Crippen MR) is 407 cm³/mol. The normalized spacial score (nSPS) is 10.6. The lowest BCUT2D eigenvalue weighted by Crippen LogP contribution is -2.12. The first-order valence-corrected chi connectivity index (χ1v) is 33.2. The van der Waals surface area contributed by atoms with Gasteiger partial charge in [0.15, 0.2) is 5.84 Å². The van der Waals surface area contributed by atoms with Crippen molar-refractivity contribution in [2.75, 3.05) is 48.1 Å². The molecule has 0 aliphatic heterocycles. The molecule has 0 radical (unpaired) electrons. The number of aryl methyl sites for hydroxylation is 5. The van der Waals surface area contributed by atoms with Gasteiger partial charge < -0.3 is 49.7 Å². The maximum atomic E-state index is 14.5. The number of nitrogens with two attached hydrogens (primary N) is 6. The van der Waals surface area contributed by atoms with Crippen LogP contribution >= 0.6 is 11.6 Å². The SMILES string of the molecule is CCc1cc(-c2ccc(C#N)cc2)nc(N)n1.CCc1cc(-c2ccc(CC(C)=O)cc2)nc(N)n1.CCc1cc(-c2ccc(OC)nc2)nc(N)n1.CNc1cc(-c2ccc(-c3ccccc3)cc2F)nc(N)n1.Cc1c(Cl)cccc1-c1cc(CCCc2ccc(/C(N)=N/O)cc2)nc(N)n1. The number of oxime groups is 1. The van der Waals surface area contributed by atoms with Crippen LogP contribution in [0, 0.1) is 24.1 Å². The summed E-state index contributed by atoms with van der Waals surface area (Å²) in [6.07, 6.45) is 7.20. The first kappa shape index (κ1) is 75.9. The number of carbonyl (C=O) groups is 1. The number of nitriles is 1. The van der Waals surface area contributed by atoms with Gasteiger partial charge in [0.2, 0.25) is 35.6 Å². The topological polar surface area (TPSA) is 393 Å². The van der Waals surface area contributed by atoms with Gasteiger partial charge in [0.25, 0.3) is 0 Å². The number of anilines is 6. The standard InChI is InChI=1S/C21H22ClN5O.C17H15FN4.C15H17N3O.C13H12N4.C12H14N4O/c1-13-17(6-3-7-18(13)22)19-12-16(25-21(24)26-19)5-2-4-14-8-10-15(11-9-14)20(23)27-28;1-20-16-10-15(21-17(19)22-16)13-8-7-12(9-14(13)18)11-5-3-2-4-6-11;1-3-13-9-14(18-15(16)17-13)12-6-4-11(5-7-12)8-10(2)19;1-2-11-7-12(17-13(15)16-11)10-5-3-9(8-14)4-6-10;1-3-9-6-10(16-12(13)15-9)8-4-5-11(17-2)14-7-8/h3,6-12,28H,2,4-5H2,1H3,(H2,23,27)(H2,24,25,26);2-10H,1H3,(H3,19,20,21,22);4-7,9H,3,8H2,1-2H3,(H2,16,17,18);3-7H,2H2,1H3,(H2,15,16,17);4-7H,3H2,1-2H3,(H2,13,15,16). The zero-order valence-corrected chi connectivity index (χ0v) is 58.9. The molecule has 0 bridgehead atoms. The number of methoxy groups -OCH3 is 1.